The van der Waals surface area contributed by atoms with Gasteiger partial charge in [0.1, 0.15) is 5.82 Å². The molecule has 0 aliphatic carbocycles. The Morgan fingerprint density at radius 2 is 1.75 bits per heavy atom. The fraction of sp³-hybridized carbons (Fsp3) is 0.500. The summed E-state index contributed by atoms with van der Waals surface area (Å²) in [6.07, 6.45) is 1.24. The van der Waals surface area contributed by atoms with E-state index in [-0.39, 0.29) is 11.6 Å². The molecule has 1 aromatic heterocycles. The maximum absolute atomic E-state index is 12.5. The first-order valence-corrected chi connectivity index (χ1v) is 9.78. The number of nitrogens with zero attached hydrogens (tertiary/aromatic N) is 4. The van der Waals surface area contributed by atoms with Crippen LogP contribution in [0.2, 0.25) is 0 Å². The van der Waals surface area contributed by atoms with Gasteiger partial charge < -0.3 is 0 Å². The summed E-state index contributed by atoms with van der Waals surface area (Å²) in [6.45, 7) is 4.18. The van der Waals surface area contributed by atoms with Crippen LogP contribution in [0, 0.1) is 0 Å². The first-order chi connectivity index (χ1) is 11.3. The summed E-state index contributed by atoms with van der Waals surface area (Å²) < 4.78 is 26.3. The highest BCUT2D eigenvalue weighted by Crippen LogP contribution is 2.21. The molecule has 1 saturated heterocycles. The van der Waals surface area contributed by atoms with Gasteiger partial charge in [-0.05, 0) is 19.1 Å². The minimum atomic E-state index is -3.15. The topological polar surface area (TPSA) is 75.5 Å². The van der Waals surface area contributed by atoms with Crippen molar-refractivity contribution >= 4 is 20.9 Å². The van der Waals surface area contributed by atoms with Crippen LogP contribution < -0.4 is 5.56 Å². The Morgan fingerprint density at radius 1 is 1.12 bits per heavy atom. The van der Waals surface area contributed by atoms with Crippen molar-refractivity contribution in [3.63, 3.8) is 0 Å². The summed E-state index contributed by atoms with van der Waals surface area (Å²) in [5.41, 5.74) is 0.634. The van der Waals surface area contributed by atoms with Crippen molar-refractivity contribution in [2.75, 3.05) is 32.4 Å². The van der Waals surface area contributed by atoms with Crippen molar-refractivity contribution in [3.8, 4) is 0 Å². The van der Waals surface area contributed by atoms with E-state index in [1.54, 1.807) is 17.7 Å². The number of hydrogen-bond donors (Lipinski definition) is 0. The lowest BCUT2D eigenvalue weighted by molar-refractivity contribution is 0.139. The van der Waals surface area contributed by atoms with Crippen molar-refractivity contribution in [2.45, 2.75) is 13.0 Å². The van der Waals surface area contributed by atoms with Gasteiger partial charge in [0.25, 0.3) is 5.56 Å². The fourth-order valence-corrected chi connectivity index (χ4v) is 4.02. The summed E-state index contributed by atoms with van der Waals surface area (Å²) in [6, 6.07) is 7.26. The summed E-state index contributed by atoms with van der Waals surface area (Å²) >= 11 is 0. The molecule has 0 saturated carbocycles. The molecule has 1 aliphatic rings. The van der Waals surface area contributed by atoms with E-state index in [4.69, 9.17) is 0 Å². The predicted molar refractivity (Wildman–Crippen MR) is 93.4 cm³/mol. The second kappa shape index (κ2) is 6.27. The van der Waals surface area contributed by atoms with Crippen LogP contribution >= 0.6 is 0 Å². The molecule has 0 radical (unpaired) electrons. The van der Waals surface area contributed by atoms with Crippen molar-refractivity contribution in [2.24, 2.45) is 7.05 Å². The van der Waals surface area contributed by atoms with E-state index in [1.807, 2.05) is 25.1 Å². The predicted octanol–water partition coefficient (Wildman–Crippen LogP) is 0.572. The largest absolute Gasteiger partial charge is 0.298 e. The third-order valence-corrected chi connectivity index (χ3v) is 5.98. The van der Waals surface area contributed by atoms with Crippen LogP contribution in [0.4, 0.5) is 0 Å². The van der Waals surface area contributed by atoms with Crippen LogP contribution in [-0.4, -0.2) is 59.6 Å². The summed E-state index contributed by atoms with van der Waals surface area (Å²) in [5, 5.41) is 0.609. The number of sulfonamides is 1. The molecular formula is C16H22N4O3S. The molecule has 2 aromatic rings. The molecule has 1 unspecified atom stereocenters. The molecule has 0 amide bonds. The molecule has 7 nitrogen and oxygen atoms in total. The van der Waals surface area contributed by atoms with E-state index in [9.17, 15) is 13.2 Å². The Labute approximate surface area is 141 Å². The highest BCUT2D eigenvalue weighted by molar-refractivity contribution is 7.88. The van der Waals surface area contributed by atoms with Gasteiger partial charge in [0, 0.05) is 33.2 Å². The molecule has 0 bridgehead atoms. The van der Waals surface area contributed by atoms with Gasteiger partial charge in [0.2, 0.25) is 10.0 Å². The maximum atomic E-state index is 12.5. The summed E-state index contributed by atoms with van der Waals surface area (Å²) in [7, 11) is -1.41. The van der Waals surface area contributed by atoms with Gasteiger partial charge in [-0.1, -0.05) is 12.1 Å². The van der Waals surface area contributed by atoms with Crippen LogP contribution in [0.5, 0.6) is 0 Å². The van der Waals surface area contributed by atoms with E-state index in [0.29, 0.717) is 42.9 Å². The molecule has 24 heavy (non-hydrogen) atoms. The van der Waals surface area contributed by atoms with Crippen molar-refractivity contribution in [3.05, 3.63) is 40.4 Å². The van der Waals surface area contributed by atoms with Crippen molar-refractivity contribution in [1.29, 1.82) is 0 Å². The van der Waals surface area contributed by atoms with Gasteiger partial charge in [0.05, 0.1) is 23.2 Å². The standard InChI is InChI=1S/C16H22N4O3S/c1-12(19-8-10-20(11-9-19)24(3,22)23)15-17-14-7-5-4-6-13(14)16(21)18(15)2/h4-7,12H,8-11H2,1-3H3. The summed E-state index contributed by atoms with van der Waals surface area (Å²) in [4.78, 5) is 19.4. The highest BCUT2D eigenvalue weighted by Gasteiger charge is 2.28. The first kappa shape index (κ1) is 17.1. The zero-order valence-corrected chi connectivity index (χ0v) is 15.0. The number of rotatable bonds is 3. The minimum absolute atomic E-state index is 0.0581. The molecule has 2 heterocycles. The Kier molecular flexibility index (Phi) is 4.46. The zero-order valence-electron chi connectivity index (χ0n) is 14.1. The van der Waals surface area contributed by atoms with E-state index >= 15 is 0 Å². The van der Waals surface area contributed by atoms with Gasteiger partial charge in [0.15, 0.2) is 0 Å². The fourth-order valence-electron chi connectivity index (χ4n) is 3.19. The van der Waals surface area contributed by atoms with E-state index < -0.39 is 10.0 Å². The normalized spacial score (nSPS) is 18.8. The maximum Gasteiger partial charge on any atom is 0.261 e. The van der Waals surface area contributed by atoms with Gasteiger partial charge in [-0.15, -0.1) is 0 Å². The smallest absolute Gasteiger partial charge is 0.261 e. The molecule has 130 valence electrons. The molecule has 3 rings (SSSR count). The Balaban J connectivity index is 1.89. The molecule has 0 N–H and O–H groups in total. The number of para-hydroxylation sites is 1. The quantitative estimate of drug-likeness (QED) is 0.809. The van der Waals surface area contributed by atoms with Crippen LogP contribution in [0.15, 0.2) is 29.1 Å². The van der Waals surface area contributed by atoms with Gasteiger partial charge >= 0.3 is 0 Å². The lowest BCUT2D eigenvalue weighted by atomic mass is 10.2. The number of fused-ring (bicyclic) bond motifs is 1. The third-order valence-electron chi connectivity index (χ3n) is 4.68. The van der Waals surface area contributed by atoms with E-state index in [1.165, 1.54) is 10.6 Å². The third kappa shape index (κ3) is 3.09. The first-order valence-electron chi connectivity index (χ1n) is 7.94. The molecular weight excluding hydrogens is 328 g/mol. The van der Waals surface area contributed by atoms with Crippen LogP contribution in [-0.2, 0) is 17.1 Å². The molecule has 1 aromatic carbocycles. The van der Waals surface area contributed by atoms with E-state index in [2.05, 4.69) is 9.88 Å². The zero-order chi connectivity index (χ0) is 17.5. The molecule has 0 spiro atoms. The number of aromatic nitrogens is 2. The average molecular weight is 350 g/mol. The van der Waals surface area contributed by atoms with Gasteiger partial charge in [-0.2, -0.15) is 4.31 Å². The Bertz CT molecular complexity index is 915. The molecule has 1 aliphatic heterocycles. The second-order valence-electron chi connectivity index (χ2n) is 6.23. The number of hydrogen-bond acceptors (Lipinski definition) is 5. The molecule has 1 fully saturated rings. The highest BCUT2D eigenvalue weighted by atomic mass is 32.2. The van der Waals surface area contributed by atoms with Gasteiger partial charge in [-0.3, -0.25) is 14.3 Å². The van der Waals surface area contributed by atoms with Gasteiger partial charge in [-0.25, -0.2) is 13.4 Å². The van der Waals surface area contributed by atoms with Crippen molar-refractivity contribution < 1.29 is 8.42 Å². The number of benzene rings is 1. The Hall–Kier alpha value is -1.77. The van der Waals surface area contributed by atoms with Crippen LogP contribution in [0.25, 0.3) is 10.9 Å². The van der Waals surface area contributed by atoms with E-state index in [0.717, 1.165) is 0 Å². The molecule has 1 atom stereocenters. The monoisotopic (exact) mass is 350 g/mol. The SMILES string of the molecule is CC(c1nc2ccccc2c(=O)n1C)N1CCN(S(C)(=O)=O)CC1. The lowest BCUT2D eigenvalue weighted by Crippen LogP contribution is -2.49. The number of piperazine rings is 1. The average Bonchev–Trinajstić information content (AvgIpc) is 2.57. The minimum Gasteiger partial charge on any atom is -0.298 e. The Morgan fingerprint density at radius 3 is 2.38 bits per heavy atom. The van der Waals surface area contributed by atoms with Crippen LogP contribution in [0.1, 0.15) is 18.8 Å². The van der Waals surface area contributed by atoms with Crippen LogP contribution in [0.3, 0.4) is 0 Å². The van der Waals surface area contributed by atoms with Crippen molar-refractivity contribution in [1.82, 2.24) is 18.8 Å². The summed E-state index contributed by atoms with van der Waals surface area (Å²) in [5.74, 6) is 0.700. The lowest BCUT2D eigenvalue weighted by Gasteiger charge is -2.36. The molecule has 8 heteroatoms. The second-order valence-corrected chi connectivity index (χ2v) is 8.21.